The molecule has 1 saturated carbocycles. The standard InChI is InChI=1S/C16H24N2O3S.ClH/c17-14-7-4-6-13(12-14)16(19)18-10-5-11-22(20,21)15-8-2-1-3-9-15;/h1-3,8-9,13-14H,4-7,10-12,17H2,(H,18,19);1H. The van der Waals surface area contributed by atoms with Gasteiger partial charge in [0.05, 0.1) is 10.6 Å². The molecule has 7 heteroatoms. The number of nitrogens with one attached hydrogen (secondary N) is 1. The van der Waals surface area contributed by atoms with Crippen LogP contribution in [0.3, 0.4) is 0 Å². The van der Waals surface area contributed by atoms with Crippen LogP contribution in [0.25, 0.3) is 0 Å². The van der Waals surface area contributed by atoms with Gasteiger partial charge >= 0.3 is 0 Å². The molecule has 1 amide bonds. The molecule has 1 aromatic carbocycles. The highest BCUT2D eigenvalue weighted by Gasteiger charge is 2.25. The Balaban J connectivity index is 0.00000264. The summed E-state index contributed by atoms with van der Waals surface area (Å²) in [4.78, 5) is 12.4. The minimum atomic E-state index is -3.26. The average Bonchev–Trinajstić information content (AvgIpc) is 2.52. The van der Waals surface area contributed by atoms with Crippen molar-refractivity contribution in [3.63, 3.8) is 0 Å². The highest BCUT2D eigenvalue weighted by molar-refractivity contribution is 7.91. The Morgan fingerprint density at radius 2 is 1.91 bits per heavy atom. The highest BCUT2D eigenvalue weighted by atomic mass is 35.5. The van der Waals surface area contributed by atoms with Crippen LogP contribution in [0.15, 0.2) is 35.2 Å². The predicted octanol–water partition coefficient (Wildman–Crippen LogP) is 1.91. The number of halogens is 1. The average molecular weight is 361 g/mol. The lowest BCUT2D eigenvalue weighted by atomic mass is 9.85. The maximum absolute atomic E-state index is 12.1. The van der Waals surface area contributed by atoms with Crippen LogP contribution in [-0.2, 0) is 14.6 Å². The van der Waals surface area contributed by atoms with Crippen molar-refractivity contribution in [1.29, 1.82) is 0 Å². The minimum Gasteiger partial charge on any atom is -0.356 e. The second-order valence-electron chi connectivity index (χ2n) is 5.90. The minimum absolute atomic E-state index is 0. The number of amides is 1. The van der Waals surface area contributed by atoms with Gasteiger partial charge in [0.25, 0.3) is 0 Å². The van der Waals surface area contributed by atoms with Crippen LogP contribution in [-0.4, -0.2) is 32.7 Å². The third-order valence-corrected chi connectivity index (χ3v) is 5.89. The molecule has 0 aliphatic heterocycles. The molecule has 1 aliphatic rings. The fourth-order valence-electron chi connectivity index (χ4n) is 2.83. The van der Waals surface area contributed by atoms with E-state index in [4.69, 9.17) is 5.73 Å². The summed E-state index contributed by atoms with van der Waals surface area (Å²) in [7, 11) is -3.26. The Hall–Kier alpha value is -1.11. The number of hydrogen-bond acceptors (Lipinski definition) is 4. The molecule has 130 valence electrons. The molecule has 2 atom stereocenters. The summed E-state index contributed by atoms with van der Waals surface area (Å²) < 4.78 is 24.2. The number of carbonyl (C=O) groups is 1. The van der Waals surface area contributed by atoms with Gasteiger partial charge in [0, 0.05) is 18.5 Å². The molecule has 2 rings (SSSR count). The van der Waals surface area contributed by atoms with Crippen molar-refractivity contribution in [3.05, 3.63) is 30.3 Å². The first-order chi connectivity index (χ1) is 10.5. The Morgan fingerprint density at radius 3 is 2.57 bits per heavy atom. The highest BCUT2D eigenvalue weighted by Crippen LogP contribution is 2.23. The Morgan fingerprint density at radius 1 is 1.22 bits per heavy atom. The molecule has 0 bridgehead atoms. The molecule has 3 N–H and O–H groups in total. The van der Waals surface area contributed by atoms with Crippen LogP contribution in [0.5, 0.6) is 0 Å². The normalized spacial score (nSPS) is 21.3. The van der Waals surface area contributed by atoms with E-state index in [1.54, 1.807) is 30.3 Å². The van der Waals surface area contributed by atoms with Gasteiger partial charge < -0.3 is 11.1 Å². The first kappa shape index (κ1) is 19.9. The maximum atomic E-state index is 12.1. The monoisotopic (exact) mass is 360 g/mol. The lowest BCUT2D eigenvalue weighted by molar-refractivity contribution is -0.126. The van der Waals surface area contributed by atoms with Gasteiger partial charge in [-0.15, -0.1) is 12.4 Å². The van der Waals surface area contributed by atoms with E-state index in [0.29, 0.717) is 17.9 Å². The van der Waals surface area contributed by atoms with Crippen molar-refractivity contribution in [3.8, 4) is 0 Å². The fraction of sp³-hybridized carbons (Fsp3) is 0.562. The summed E-state index contributed by atoms with van der Waals surface area (Å²) in [5.41, 5.74) is 5.88. The molecule has 5 nitrogen and oxygen atoms in total. The molecule has 0 aromatic heterocycles. The van der Waals surface area contributed by atoms with Crippen LogP contribution in [0.1, 0.15) is 32.1 Å². The van der Waals surface area contributed by atoms with E-state index in [9.17, 15) is 13.2 Å². The van der Waals surface area contributed by atoms with E-state index in [-0.39, 0.29) is 36.0 Å². The molecule has 23 heavy (non-hydrogen) atoms. The zero-order valence-corrected chi connectivity index (χ0v) is 14.7. The molecule has 0 spiro atoms. The second kappa shape index (κ2) is 9.25. The number of hydrogen-bond donors (Lipinski definition) is 2. The first-order valence-corrected chi connectivity index (χ1v) is 9.45. The molecule has 1 aromatic rings. The van der Waals surface area contributed by atoms with Crippen LogP contribution < -0.4 is 11.1 Å². The zero-order valence-electron chi connectivity index (χ0n) is 13.1. The van der Waals surface area contributed by atoms with Crippen LogP contribution in [0.4, 0.5) is 0 Å². The summed E-state index contributed by atoms with van der Waals surface area (Å²) in [6.07, 6.45) is 4.00. The topological polar surface area (TPSA) is 89.3 Å². The number of nitrogens with two attached hydrogens (primary N) is 1. The molecular formula is C16H25ClN2O3S. The predicted molar refractivity (Wildman–Crippen MR) is 93.3 cm³/mol. The van der Waals surface area contributed by atoms with Gasteiger partial charge in [-0.2, -0.15) is 0 Å². The van der Waals surface area contributed by atoms with E-state index in [1.165, 1.54) is 0 Å². The van der Waals surface area contributed by atoms with E-state index in [2.05, 4.69) is 5.32 Å². The van der Waals surface area contributed by atoms with Crippen LogP contribution in [0, 0.1) is 5.92 Å². The SMILES string of the molecule is Cl.NC1CCCC(C(=O)NCCCS(=O)(=O)c2ccccc2)C1. The van der Waals surface area contributed by atoms with Crippen molar-refractivity contribution in [2.45, 2.75) is 43.0 Å². The van der Waals surface area contributed by atoms with Crippen molar-refractivity contribution in [1.82, 2.24) is 5.32 Å². The smallest absolute Gasteiger partial charge is 0.223 e. The van der Waals surface area contributed by atoms with E-state index < -0.39 is 9.84 Å². The molecule has 1 fully saturated rings. The van der Waals surface area contributed by atoms with Crippen molar-refractivity contribution in [2.75, 3.05) is 12.3 Å². The van der Waals surface area contributed by atoms with Gasteiger partial charge in [-0.1, -0.05) is 24.6 Å². The quantitative estimate of drug-likeness (QED) is 0.758. The summed E-state index contributed by atoms with van der Waals surface area (Å²) >= 11 is 0. The van der Waals surface area contributed by atoms with E-state index in [1.807, 2.05) is 0 Å². The summed E-state index contributed by atoms with van der Waals surface area (Å²) in [5, 5.41) is 2.84. The lowest BCUT2D eigenvalue weighted by Crippen LogP contribution is -2.38. The number of benzene rings is 1. The second-order valence-corrected chi connectivity index (χ2v) is 8.01. The third kappa shape index (κ3) is 6.12. The van der Waals surface area contributed by atoms with Gasteiger partial charge in [0.1, 0.15) is 0 Å². The first-order valence-electron chi connectivity index (χ1n) is 7.80. The zero-order chi connectivity index (χ0) is 16.0. The molecular weight excluding hydrogens is 336 g/mol. The van der Waals surface area contributed by atoms with Crippen LogP contribution in [0.2, 0.25) is 0 Å². The van der Waals surface area contributed by atoms with E-state index >= 15 is 0 Å². The van der Waals surface area contributed by atoms with Crippen LogP contribution >= 0.6 is 12.4 Å². The molecule has 2 unspecified atom stereocenters. The fourth-order valence-corrected chi connectivity index (χ4v) is 4.16. The lowest BCUT2D eigenvalue weighted by Gasteiger charge is -2.25. The Labute approximate surface area is 144 Å². The van der Waals surface area contributed by atoms with Crippen molar-refractivity contribution < 1.29 is 13.2 Å². The molecule has 0 radical (unpaired) electrons. The van der Waals surface area contributed by atoms with Gasteiger partial charge in [0.15, 0.2) is 9.84 Å². The maximum Gasteiger partial charge on any atom is 0.223 e. The number of sulfone groups is 1. The van der Waals surface area contributed by atoms with Gasteiger partial charge in [0.2, 0.25) is 5.91 Å². The number of carbonyl (C=O) groups excluding carboxylic acids is 1. The van der Waals surface area contributed by atoms with Gasteiger partial charge in [-0.3, -0.25) is 4.79 Å². The van der Waals surface area contributed by atoms with E-state index in [0.717, 1.165) is 25.7 Å². The van der Waals surface area contributed by atoms with Crippen molar-refractivity contribution >= 4 is 28.2 Å². The summed E-state index contributed by atoms with van der Waals surface area (Å²) in [6.45, 7) is 0.386. The Kier molecular flexibility index (Phi) is 8.02. The van der Waals surface area contributed by atoms with Gasteiger partial charge in [-0.05, 0) is 37.8 Å². The summed E-state index contributed by atoms with van der Waals surface area (Å²) in [5.74, 6) is 0.0309. The molecule has 0 heterocycles. The van der Waals surface area contributed by atoms with Gasteiger partial charge in [-0.25, -0.2) is 8.42 Å². The Bertz CT molecular complexity index is 593. The van der Waals surface area contributed by atoms with Crippen molar-refractivity contribution in [2.24, 2.45) is 11.7 Å². The largest absolute Gasteiger partial charge is 0.356 e. The third-order valence-electron chi connectivity index (χ3n) is 4.08. The molecule has 1 aliphatic carbocycles. The molecule has 0 saturated heterocycles. The summed E-state index contributed by atoms with van der Waals surface area (Å²) in [6, 6.07) is 8.51. The number of rotatable bonds is 6.